The van der Waals surface area contributed by atoms with Crippen LogP contribution in [-0.2, 0) is 0 Å². The Morgan fingerprint density at radius 3 is 2.85 bits per heavy atom. The van der Waals surface area contributed by atoms with Gasteiger partial charge < -0.3 is 5.32 Å². The lowest BCUT2D eigenvalue weighted by Gasteiger charge is -2.48. The van der Waals surface area contributed by atoms with E-state index in [-0.39, 0.29) is 0 Å². The minimum absolute atomic E-state index is 0.549. The van der Waals surface area contributed by atoms with Gasteiger partial charge in [-0.1, -0.05) is 36.8 Å². The molecule has 3 heterocycles. The van der Waals surface area contributed by atoms with Crippen molar-refractivity contribution in [3.05, 3.63) is 35.9 Å². The second-order valence-electron chi connectivity index (χ2n) is 6.95. The van der Waals surface area contributed by atoms with E-state index in [1.54, 1.807) is 5.56 Å². The van der Waals surface area contributed by atoms with Gasteiger partial charge in [0.15, 0.2) is 0 Å². The van der Waals surface area contributed by atoms with Crippen LogP contribution in [0.2, 0.25) is 0 Å². The van der Waals surface area contributed by atoms with Gasteiger partial charge in [0.05, 0.1) is 0 Å². The van der Waals surface area contributed by atoms with Crippen molar-refractivity contribution in [3.63, 3.8) is 0 Å². The first kappa shape index (κ1) is 12.8. The summed E-state index contributed by atoms with van der Waals surface area (Å²) < 4.78 is 0. The van der Waals surface area contributed by atoms with Crippen LogP contribution in [0.3, 0.4) is 0 Å². The molecule has 108 valence electrons. The van der Waals surface area contributed by atoms with Gasteiger partial charge in [-0.2, -0.15) is 0 Å². The first-order valence-corrected chi connectivity index (χ1v) is 8.40. The highest BCUT2D eigenvalue weighted by atomic mass is 15.2. The maximum atomic E-state index is 3.66. The molecule has 3 saturated heterocycles. The molecular formula is C18H26N2. The number of benzene rings is 1. The molecule has 1 spiro atoms. The molecule has 3 fully saturated rings. The summed E-state index contributed by atoms with van der Waals surface area (Å²) in [6.07, 6.45) is 7.08. The van der Waals surface area contributed by atoms with Crippen LogP contribution in [0.4, 0.5) is 0 Å². The van der Waals surface area contributed by atoms with Crippen molar-refractivity contribution in [2.45, 2.75) is 44.1 Å². The third-order valence-corrected chi connectivity index (χ3v) is 6.15. The minimum Gasteiger partial charge on any atom is -0.316 e. The van der Waals surface area contributed by atoms with Crippen LogP contribution < -0.4 is 5.32 Å². The second-order valence-corrected chi connectivity index (χ2v) is 6.95. The maximum Gasteiger partial charge on any atom is 0.0159 e. The Hall–Kier alpha value is -0.860. The molecule has 1 aromatic rings. The Morgan fingerprint density at radius 2 is 1.95 bits per heavy atom. The zero-order valence-electron chi connectivity index (χ0n) is 12.4. The van der Waals surface area contributed by atoms with E-state index in [1.807, 2.05) is 0 Å². The summed E-state index contributed by atoms with van der Waals surface area (Å²) in [4.78, 5) is 2.81. The third kappa shape index (κ3) is 1.93. The van der Waals surface area contributed by atoms with Crippen LogP contribution in [0.15, 0.2) is 30.3 Å². The van der Waals surface area contributed by atoms with E-state index in [4.69, 9.17) is 0 Å². The molecule has 0 aliphatic carbocycles. The van der Waals surface area contributed by atoms with Gasteiger partial charge in [0.25, 0.3) is 0 Å². The van der Waals surface area contributed by atoms with Crippen molar-refractivity contribution in [1.82, 2.24) is 10.2 Å². The van der Waals surface area contributed by atoms with Gasteiger partial charge in [0, 0.05) is 18.5 Å². The lowest BCUT2D eigenvalue weighted by atomic mass is 9.62. The monoisotopic (exact) mass is 270 g/mol. The van der Waals surface area contributed by atoms with Crippen molar-refractivity contribution in [2.24, 2.45) is 5.41 Å². The number of rotatable bonds is 1. The first-order chi connectivity index (χ1) is 9.90. The Kier molecular flexibility index (Phi) is 3.31. The Labute approximate surface area is 122 Å². The summed E-state index contributed by atoms with van der Waals surface area (Å²) in [6.45, 7) is 5.08. The van der Waals surface area contributed by atoms with Crippen LogP contribution in [0.5, 0.6) is 0 Å². The fourth-order valence-corrected chi connectivity index (χ4v) is 5.21. The van der Waals surface area contributed by atoms with E-state index in [2.05, 4.69) is 40.5 Å². The van der Waals surface area contributed by atoms with E-state index in [0.29, 0.717) is 11.3 Å². The van der Waals surface area contributed by atoms with Crippen LogP contribution in [0, 0.1) is 5.41 Å². The van der Waals surface area contributed by atoms with E-state index in [0.717, 1.165) is 6.04 Å². The number of nitrogens with zero attached hydrogens (tertiary/aromatic N) is 1. The summed E-state index contributed by atoms with van der Waals surface area (Å²) in [5, 5.41) is 3.66. The topological polar surface area (TPSA) is 15.3 Å². The Morgan fingerprint density at radius 1 is 1.05 bits per heavy atom. The summed E-state index contributed by atoms with van der Waals surface area (Å²) >= 11 is 0. The lowest BCUT2D eigenvalue weighted by molar-refractivity contribution is 0.0663. The molecule has 20 heavy (non-hydrogen) atoms. The van der Waals surface area contributed by atoms with Gasteiger partial charge in [-0.15, -0.1) is 0 Å². The minimum atomic E-state index is 0.549. The molecule has 0 radical (unpaired) electrons. The van der Waals surface area contributed by atoms with Gasteiger partial charge in [0.1, 0.15) is 0 Å². The van der Waals surface area contributed by atoms with Crippen LogP contribution in [-0.4, -0.2) is 37.1 Å². The highest BCUT2D eigenvalue weighted by Crippen LogP contribution is 2.53. The summed E-state index contributed by atoms with van der Waals surface area (Å²) in [5.74, 6) is 0.713. The van der Waals surface area contributed by atoms with Gasteiger partial charge in [-0.05, 0) is 56.3 Å². The number of piperidine rings is 2. The second kappa shape index (κ2) is 5.16. The fourth-order valence-electron chi connectivity index (χ4n) is 5.21. The summed E-state index contributed by atoms with van der Waals surface area (Å²) in [7, 11) is 0. The molecule has 3 aliphatic rings. The molecule has 0 amide bonds. The van der Waals surface area contributed by atoms with Crippen molar-refractivity contribution >= 4 is 0 Å². The average Bonchev–Trinajstić information content (AvgIpc) is 2.89. The zero-order valence-corrected chi connectivity index (χ0v) is 12.4. The first-order valence-electron chi connectivity index (χ1n) is 8.40. The summed E-state index contributed by atoms with van der Waals surface area (Å²) in [5.41, 5.74) is 2.11. The fraction of sp³-hybridized carbons (Fsp3) is 0.667. The highest BCUT2D eigenvalue weighted by molar-refractivity contribution is 5.26. The molecule has 1 N–H and O–H groups in total. The smallest absolute Gasteiger partial charge is 0.0159 e. The normalized spacial score (nSPS) is 38.0. The molecule has 2 heteroatoms. The van der Waals surface area contributed by atoms with Gasteiger partial charge >= 0.3 is 0 Å². The third-order valence-electron chi connectivity index (χ3n) is 6.15. The highest BCUT2D eigenvalue weighted by Gasteiger charge is 2.53. The van der Waals surface area contributed by atoms with Crippen LogP contribution in [0.25, 0.3) is 0 Å². The zero-order chi connectivity index (χ0) is 13.4. The maximum absolute atomic E-state index is 3.66. The van der Waals surface area contributed by atoms with Crippen LogP contribution >= 0.6 is 0 Å². The molecule has 0 aromatic heterocycles. The predicted octanol–water partition coefficient (Wildman–Crippen LogP) is 3.01. The van der Waals surface area contributed by atoms with Gasteiger partial charge in [-0.3, -0.25) is 4.90 Å². The largest absolute Gasteiger partial charge is 0.316 e. The molecule has 0 saturated carbocycles. The molecule has 0 bridgehead atoms. The van der Waals surface area contributed by atoms with Crippen molar-refractivity contribution in [1.29, 1.82) is 0 Å². The Bertz CT molecular complexity index is 458. The van der Waals surface area contributed by atoms with Crippen molar-refractivity contribution < 1.29 is 0 Å². The SMILES string of the molecule is c1ccc(C2CNCCC23CCN2CCCCC23)cc1. The molecule has 3 unspecified atom stereocenters. The molecule has 3 atom stereocenters. The Balaban J connectivity index is 1.70. The van der Waals surface area contributed by atoms with Gasteiger partial charge in [-0.25, -0.2) is 0 Å². The molecular weight excluding hydrogens is 244 g/mol. The standard InChI is InChI=1S/C18H26N2/c1-2-6-15(7-3-1)16-14-19-11-9-18(16)10-13-20-12-5-4-8-17(18)20/h1-3,6-7,16-17,19H,4-5,8-14H2. The quantitative estimate of drug-likeness (QED) is 0.844. The van der Waals surface area contributed by atoms with Crippen LogP contribution in [0.1, 0.15) is 43.6 Å². The van der Waals surface area contributed by atoms with E-state index < -0.39 is 0 Å². The number of fused-ring (bicyclic) bond motifs is 2. The molecule has 1 aromatic carbocycles. The summed E-state index contributed by atoms with van der Waals surface area (Å²) in [6, 6.07) is 12.1. The molecule has 2 nitrogen and oxygen atoms in total. The number of nitrogens with one attached hydrogen (secondary N) is 1. The molecule has 4 rings (SSSR count). The lowest BCUT2D eigenvalue weighted by Crippen LogP contribution is -2.51. The number of hydrogen-bond acceptors (Lipinski definition) is 2. The average molecular weight is 270 g/mol. The molecule has 3 aliphatic heterocycles. The van der Waals surface area contributed by atoms with E-state index >= 15 is 0 Å². The van der Waals surface area contributed by atoms with E-state index in [1.165, 1.54) is 58.3 Å². The predicted molar refractivity (Wildman–Crippen MR) is 82.9 cm³/mol. The van der Waals surface area contributed by atoms with E-state index in [9.17, 15) is 0 Å². The van der Waals surface area contributed by atoms with Crippen molar-refractivity contribution in [2.75, 3.05) is 26.2 Å². The van der Waals surface area contributed by atoms with Gasteiger partial charge in [0.2, 0.25) is 0 Å². The van der Waals surface area contributed by atoms with Crippen molar-refractivity contribution in [3.8, 4) is 0 Å². The number of hydrogen-bond donors (Lipinski definition) is 1.